The summed E-state index contributed by atoms with van der Waals surface area (Å²) >= 11 is 11.1. The molecular weight excluding hydrogens is 601 g/mol. The van der Waals surface area contributed by atoms with Crippen molar-refractivity contribution in [2.24, 2.45) is 0 Å². The minimum absolute atomic E-state index is 0.0468. The third kappa shape index (κ3) is 31.3. The van der Waals surface area contributed by atoms with Gasteiger partial charge in [0.1, 0.15) is 25.1 Å². The molecule has 10 nitrogen and oxygen atoms in total. The SMILES string of the molecule is O=C(CSCSCCOOCSCSCSCOC(=O)CSCSCCOOCCO)OCCO. The minimum atomic E-state index is -0.315. The molecule has 0 rings (SSSR count). The first-order chi connectivity index (χ1) is 17.2. The van der Waals surface area contributed by atoms with Gasteiger partial charge in [-0.2, -0.15) is 0 Å². The molecule has 0 amide bonds. The molecule has 0 aromatic carbocycles. The molecule has 35 heavy (non-hydrogen) atoms. The van der Waals surface area contributed by atoms with E-state index in [0.717, 1.165) is 31.8 Å². The minimum Gasteiger partial charge on any atom is -0.463 e. The Kier molecular flexibility index (Phi) is 32.4. The van der Waals surface area contributed by atoms with Gasteiger partial charge in [0, 0.05) is 31.8 Å². The van der Waals surface area contributed by atoms with Crippen molar-refractivity contribution < 1.29 is 48.8 Å². The van der Waals surface area contributed by atoms with E-state index < -0.39 is 0 Å². The van der Waals surface area contributed by atoms with Crippen LogP contribution in [0.3, 0.4) is 0 Å². The standard InChI is InChI=1S/C18H34O10S7/c19-1-3-23-17(21)9-31-13-30-8-6-27-28-12-34-16-35-15-33-11-24-18(22)10-32-14-29-7-5-26-25-4-2-20/h19-20H,1-16H2. The quantitative estimate of drug-likeness (QED) is 0.0430. The molecule has 0 atom stereocenters. The average molecular weight is 635 g/mol. The van der Waals surface area contributed by atoms with Gasteiger partial charge in [0.2, 0.25) is 0 Å². The fraction of sp³-hybridized carbons (Fsp3) is 0.889. The predicted octanol–water partition coefficient (Wildman–Crippen LogP) is 2.83. The summed E-state index contributed by atoms with van der Waals surface area (Å²) in [5, 5.41) is 20.3. The van der Waals surface area contributed by atoms with Gasteiger partial charge < -0.3 is 19.7 Å². The lowest BCUT2D eigenvalue weighted by atomic mass is 10.7. The molecule has 0 aliphatic carbocycles. The largest absolute Gasteiger partial charge is 0.463 e. The summed E-state index contributed by atoms with van der Waals surface area (Å²) in [4.78, 5) is 42.6. The van der Waals surface area contributed by atoms with Crippen molar-refractivity contribution in [2.45, 2.75) is 0 Å². The number of carbonyl (C=O) groups excluding carboxylic acids is 2. The summed E-state index contributed by atoms with van der Waals surface area (Å²) in [6.07, 6.45) is 0. The zero-order valence-corrected chi connectivity index (χ0v) is 25.0. The number of aliphatic hydroxyl groups is 2. The summed E-state index contributed by atoms with van der Waals surface area (Å²) in [6.45, 7) is 0.910. The maximum absolute atomic E-state index is 11.6. The number of aliphatic hydroxyl groups excluding tert-OH is 2. The topological polar surface area (TPSA) is 130 Å². The fourth-order valence-electron chi connectivity index (χ4n) is 1.52. The first kappa shape index (κ1) is 36.1. The first-order valence-electron chi connectivity index (χ1n) is 10.3. The monoisotopic (exact) mass is 634 g/mol. The van der Waals surface area contributed by atoms with E-state index in [-0.39, 0.29) is 44.1 Å². The smallest absolute Gasteiger partial charge is 0.316 e. The summed E-state index contributed by atoms with van der Waals surface area (Å²) < 4.78 is 9.93. The summed E-state index contributed by atoms with van der Waals surface area (Å²) in [5.41, 5.74) is 0. The van der Waals surface area contributed by atoms with Crippen molar-refractivity contribution in [3.63, 3.8) is 0 Å². The molecule has 17 heteroatoms. The Morgan fingerprint density at radius 3 is 1.66 bits per heavy atom. The third-order valence-corrected chi connectivity index (χ3v) is 10.5. The number of ether oxygens (including phenoxy) is 2. The van der Waals surface area contributed by atoms with Crippen molar-refractivity contribution in [1.29, 1.82) is 0 Å². The highest BCUT2D eigenvalue weighted by molar-refractivity contribution is 8.22. The van der Waals surface area contributed by atoms with Crippen molar-refractivity contribution in [1.82, 2.24) is 0 Å². The first-order valence-corrected chi connectivity index (χ1v) is 18.3. The van der Waals surface area contributed by atoms with Gasteiger partial charge in [-0.3, -0.25) is 9.59 Å². The lowest BCUT2D eigenvalue weighted by Gasteiger charge is -2.06. The molecule has 0 spiro atoms. The molecule has 0 saturated carbocycles. The molecule has 0 aliphatic rings. The Labute approximate surface area is 236 Å². The second-order valence-electron chi connectivity index (χ2n) is 5.60. The molecular formula is C18H34O10S7. The van der Waals surface area contributed by atoms with Gasteiger partial charge >= 0.3 is 11.9 Å². The van der Waals surface area contributed by atoms with E-state index in [2.05, 4.69) is 4.89 Å². The third-order valence-electron chi connectivity index (χ3n) is 2.86. The van der Waals surface area contributed by atoms with Crippen LogP contribution in [-0.2, 0) is 38.6 Å². The summed E-state index contributed by atoms with van der Waals surface area (Å²) in [5.74, 6) is 2.38. The van der Waals surface area contributed by atoms with Crippen LogP contribution in [0, 0.1) is 0 Å². The van der Waals surface area contributed by atoms with E-state index in [4.69, 9.17) is 34.3 Å². The second-order valence-corrected chi connectivity index (χ2v) is 14.1. The van der Waals surface area contributed by atoms with Gasteiger partial charge in [0.15, 0.2) is 0 Å². The predicted molar refractivity (Wildman–Crippen MR) is 152 cm³/mol. The Morgan fingerprint density at radius 1 is 0.514 bits per heavy atom. The number of esters is 2. The molecule has 0 bridgehead atoms. The number of hydrogen-bond donors (Lipinski definition) is 2. The Morgan fingerprint density at radius 2 is 1.03 bits per heavy atom. The lowest BCUT2D eigenvalue weighted by molar-refractivity contribution is -0.293. The molecule has 208 valence electrons. The lowest BCUT2D eigenvalue weighted by Crippen LogP contribution is -2.10. The van der Waals surface area contributed by atoms with E-state index in [9.17, 15) is 9.59 Å². The van der Waals surface area contributed by atoms with Crippen LogP contribution in [0.4, 0.5) is 0 Å². The molecule has 0 aromatic rings. The van der Waals surface area contributed by atoms with Gasteiger partial charge in [0.25, 0.3) is 0 Å². The normalized spacial score (nSPS) is 11.0. The molecule has 0 saturated heterocycles. The van der Waals surface area contributed by atoms with E-state index in [1.807, 2.05) is 0 Å². The van der Waals surface area contributed by atoms with Crippen LogP contribution in [0.25, 0.3) is 0 Å². The fourth-order valence-corrected chi connectivity index (χ4v) is 7.67. The molecule has 0 aromatic heterocycles. The second kappa shape index (κ2) is 31.4. The maximum atomic E-state index is 11.6. The number of carbonyl (C=O) groups is 2. The van der Waals surface area contributed by atoms with Crippen LogP contribution in [0.2, 0.25) is 0 Å². The van der Waals surface area contributed by atoms with Crippen LogP contribution in [0.5, 0.6) is 0 Å². The van der Waals surface area contributed by atoms with Crippen molar-refractivity contribution in [3.05, 3.63) is 0 Å². The molecule has 0 heterocycles. The van der Waals surface area contributed by atoms with Crippen LogP contribution in [0.1, 0.15) is 0 Å². The van der Waals surface area contributed by atoms with Gasteiger partial charge in [-0.05, 0) is 0 Å². The molecule has 0 aliphatic heterocycles. The average Bonchev–Trinajstić information content (AvgIpc) is 2.86. The Balaban J connectivity index is 3.17. The maximum Gasteiger partial charge on any atom is 0.316 e. The van der Waals surface area contributed by atoms with E-state index >= 15 is 0 Å². The summed E-state index contributed by atoms with van der Waals surface area (Å²) in [7, 11) is 0. The van der Waals surface area contributed by atoms with Crippen molar-refractivity contribution in [2.75, 3.05) is 94.9 Å². The van der Waals surface area contributed by atoms with Crippen molar-refractivity contribution >= 4 is 94.3 Å². The molecule has 0 unspecified atom stereocenters. The van der Waals surface area contributed by atoms with Crippen LogP contribution in [0.15, 0.2) is 0 Å². The van der Waals surface area contributed by atoms with Crippen LogP contribution in [-0.4, -0.2) is 117 Å². The van der Waals surface area contributed by atoms with Gasteiger partial charge in [-0.1, -0.05) is 0 Å². The molecule has 2 N–H and O–H groups in total. The number of rotatable bonds is 28. The Bertz CT molecular complexity index is 483. The number of hydrogen-bond acceptors (Lipinski definition) is 17. The van der Waals surface area contributed by atoms with Gasteiger partial charge in [-0.15, -0.1) is 82.3 Å². The zero-order chi connectivity index (χ0) is 25.7. The number of thioether (sulfide) groups is 7. The summed E-state index contributed by atoms with van der Waals surface area (Å²) in [6, 6.07) is 0. The zero-order valence-electron chi connectivity index (χ0n) is 19.3. The van der Waals surface area contributed by atoms with Gasteiger partial charge in [-0.25, -0.2) is 19.6 Å². The van der Waals surface area contributed by atoms with Crippen LogP contribution >= 0.6 is 82.3 Å². The van der Waals surface area contributed by atoms with Gasteiger partial charge in [0.05, 0.1) is 37.9 Å². The molecule has 0 radical (unpaired) electrons. The highest BCUT2D eigenvalue weighted by atomic mass is 32.2. The van der Waals surface area contributed by atoms with E-state index in [0.29, 0.717) is 30.8 Å². The Hall–Kier alpha value is 1.15. The van der Waals surface area contributed by atoms with E-state index in [1.165, 1.54) is 23.5 Å². The highest BCUT2D eigenvalue weighted by Crippen LogP contribution is 2.19. The van der Waals surface area contributed by atoms with Crippen molar-refractivity contribution in [3.8, 4) is 0 Å². The highest BCUT2D eigenvalue weighted by Gasteiger charge is 2.04. The molecule has 0 fully saturated rings. The van der Waals surface area contributed by atoms with E-state index in [1.54, 1.807) is 58.8 Å². The van der Waals surface area contributed by atoms with Crippen LogP contribution < -0.4 is 0 Å².